The fraction of sp³-hybridized carbons (Fsp3) is 0.0625. The number of aromatic carboxylic acids is 1. The van der Waals surface area contributed by atoms with Gasteiger partial charge in [0.1, 0.15) is 10.7 Å². The number of carboxylic acids is 1. The maximum atomic E-state index is 13.7. The lowest BCUT2D eigenvalue weighted by Crippen LogP contribution is -1.96. The Morgan fingerprint density at radius 2 is 1.86 bits per heavy atom. The minimum atomic E-state index is -0.930. The summed E-state index contributed by atoms with van der Waals surface area (Å²) in [6, 6.07) is 14.1. The molecule has 1 N–H and O–H groups in total. The Balaban J connectivity index is 1.98. The molecular weight excluding hydrogens is 307 g/mol. The summed E-state index contributed by atoms with van der Waals surface area (Å²) in [5.74, 6) is -0.772. The summed E-state index contributed by atoms with van der Waals surface area (Å²) in [4.78, 5) is 12.3. The predicted molar refractivity (Wildman–Crippen MR) is 84.7 cm³/mol. The molecular formula is C16H11FO2S2. The molecule has 1 heterocycles. The second kappa shape index (κ2) is 5.87. The monoisotopic (exact) mass is 318 g/mol. The van der Waals surface area contributed by atoms with E-state index < -0.39 is 5.97 Å². The fourth-order valence-electron chi connectivity index (χ4n) is 2.13. The molecule has 0 atom stereocenters. The van der Waals surface area contributed by atoms with Crippen LogP contribution in [0.25, 0.3) is 10.1 Å². The van der Waals surface area contributed by atoms with Crippen LogP contribution in [0.4, 0.5) is 4.39 Å². The van der Waals surface area contributed by atoms with Crippen LogP contribution >= 0.6 is 23.1 Å². The summed E-state index contributed by atoms with van der Waals surface area (Å²) in [5, 5.41) is 10.3. The summed E-state index contributed by atoms with van der Waals surface area (Å²) >= 11 is 2.58. The van der Waals surface area contributed by atoms with Crippen LogP contribution in [-0.2, 0) is 5.75 Å². The number of carbonyl (C=O) groups is 1. The molecule has 2 nitrogen and oxygen atoms in total. The van der Waals surface area contributed by atoms with Gasteiger partial charge in [0.2, 0.25) is 0 Å². The van der Waals surface area contributed by atoms with Crippen molar-refractivity contribution in [2.75, 3.05) is 0 Å². The van der Waals surface area contributed by atoms with Gasteiger partial charge in [0.15, 0.2) is 0 Å². The molecule has 0 unspecified atom stereocenters. The van der Waals surface area contributed by atoms with Crippen molar-refractivity contribution in [1.29, 1.82) is 0 Å². The van der Waals surface area contributed by atoms with E-state index in [1.165, 1.54) is 29.2 Å². The third-order valence-electron chi connectivity index (χ3n) is 3.10. The van der Waals surface area contributed by atoms with E-state index in [9.17, 15) is 14.3 Å². The first-order valence-corrected chi connectivity index (χ1v) is 8.08. The smallest absolute Gasteiger partial charge is 0.346 e. The summed E-state index contributed by atoms with van der Waals surface area (Å²) in [5.41, 5.74) is 0.761. The van der Waals surface area contributed by atoms with Gasteiger partial charge in [-0.15, -0.1) is 23.1 Å². The molecule has 3 rings (SSSR count). The van der Waals surface area contributed by atoms with E-state index in [-0.39, 0.29) is 5.82 Å². The van der Waals surface area contributed by atoms with Gasteiger partial charge in [0.25, 0.3) is 0 Å². The Morgan fingerprint density at radius 3 is 2.62 bits per heavy atom. The SMILES string of the molecule is O=C(O)c1sc2ccccc2c1CSc1ccccc1F. The van der Waals surface area contributed by atoms with Crippen molar-refractivity contribution in [3.63, 3.8) is 0 Å². The molecule has 0 radical (unpaired) electrons. The summed E-state index contributed by atoms with van der Waals surface area (Å²) < 4.78 is 14.6. The molecule has 5 heteroatoms. The lowest BCUT2D eigenvalue weighted by atomic mass is 10.1. The molecule has 0 spiro atoms. The van der Waals surface area contributed by atoms with E-state index in [2.05, 4.69) is 0 Å². The Morgan fingerprint density at radius 1 is 1.14 bits per heavy atom. The van der Waals surface area contributed by atoms with Gasteiger partial charge in [-0.05, 0) is 29.1 Å². The molecule has 1 aromatic heterocycles. The molecule has 0 aliphatic heterocycles. The third-order valence-corrected chi connectivity index (χ3v) is 5.38. The van der Waals surface area contributed by atoms with Gasteiger partial charge in [-0.3, -0.25) is 0 Å². The van der Waals surface area contributed by atoms with Crippen LogP contribution in [0.5, 0.6) is 0 Å². The first-order valence-electron chi connectivity index (χ1n) is 6.28. The lowest BCUT2D eigenvalue weighted by Gasteiger charge is -2.04. The first kappa shape index (κ1) is 14.1. The van der Waals surface area contributed by atoms with Crippen molar-refractivity contribution in [3.8, 4) is 0 Å². The van der Waals surface area contributed by atoms with Gasteiger partial charge in [-0.25, -0.2) is 9.18 Å². The van der Waals surface area contributed by atoms with Crippen LogP contribution in [0.1, 0.15) is 15.2 Å². The van der Waals surface area contributed by atoms with Crippen LogP contribution in [0, 0.1) is 5.82 Å². The van der Waals surface area contributed by atoms with Gasteiger partial charge >= 0.3 is 5.97 Å². The number of benzene rings is 2. The Labute approximate surface area is 129 Å². The van der Waals surface area contributed by atoms with Crippen LogP contribution in [0.3, 0.4) is 0 Å². The molecule has 21 heavy (non-hydrogen) atoms. The van der Waals surface area contributed by atoms with E-state index in [1.807, 2.05) is 24.3 Å². The van der Waals surface area contributed by atoms with Crippen LogP contribution < -0.4 is 0 Å². The van der Waals surface area contributed by atoms with Crippen LogP contribution in [0.2, 0.25) is 0 Å². The Kier molecular flexibility index (Phi) is 3.94. The molecule has 0 amide bonds. The van der Waals surface area contributed by atoms with Crippen molar-refractivity contribution >= 4 is 39.2 Å². The summed E-state index contributed by atoms with van der Waals surface area (Å²) in [7, 11) is 0. The zero-order chi connectivity index (χ0) is 14.8. The average molecular weight is 318 g/mol. The molecule has 0 saturated carbocycles. The quantitative estimate of drug-likeness (QED) is 0.685. The normalized spacial score (nSPS) is 10.9. The second-order valence-electron chi connectivity index (χ2n) is 4.43. The number of thiophene rings is 1. The fourth-order valence-corrected chi connectivity index (χ4v) is 4.26. The first-order chi connectivity index (χ1) is 10.2. The maximum Gasteiger partial charge on any atom is 0.346 e. The van der Waals surface area contributed by atoms with E-state index in [0.29, 0.717) is 15.5 Å². The molecule has 0 bridgehead atoms. The molecule has 0 fully saturated rings. The number of hydrogen-bond acceptors (Lipinski definition) is 3. The molecule has 106 valence electrons. The zero-order valence-electron chi connectivity index (χ0n) is 10.9. The maximum absolute atomic E-state index is 13.7. The molecule has 0 aliphatic rings. The van der Waals surface area contributed by atoms with E-state index in [4.69, 9.17) is 0 Å². The van der Waals surface area contributed by atoms with Crippen LogP contribution in [-0.4, -0.2) is 11.1 Å². The van der Waals surface area contributed by atoms with Gasteiger partial charge in [0.05, 0.1) is 0 Å². The largest absolute Gasteiger partial charge is 0.477 e. The predicted octanol–water partition coefficient (Wildman–Crippen LogP) is 5.03. The minimum Gasteiger partial charge on any atom is -0.477 e. The van der Waals surface area contributed by atoms with E-state index in [0.717, 1.165) is 15.6 Å². The van der Waals surface area contributed by atoms with Gasteiger partial charge in [-0.2, -0.15) is 0 Å². The van der Waals surface area contributed by atoms with Crippen LogP contribution in [0.15, 0.2) is 53.4 Å². The second-order valence-corrected chi connectivity index (χ2v) is 6.50. The van der Waals surface area contributed by atoms with Crippen molar-refractivity contribution in [2.24, 2.45) is 0 Å². The standard InChI is InChI=1S/C16H11FO2S2/c17-12-6-2-4-8-14(12)20-9-11-10-5-1-3-7-13(10)21-15(11)16(18)19/h1-8H,9H2,(H,18,19). The molecule has 2 aromatic carbocycles. The number of carboxylic acid groups (broad SMARTS) is 1. The van der Waals surface area contributed by atoms with Crippen molar-refractivity contribution in [3.05, 3.63) is 64.8 Å². The topological polar surface area (TPSA) is 37.3 Å². The third kappa shape index (κ3) is 2.80. The molecule has 0 aliphatic carbocycles. The highest BCUT2D eigenvalue weighted by molar-refractivity contribution is 7.98. The number of thioether (sulfide) groups is 1. The highest BCUT2D eigenvalue weighted by Gasteiger charge is 2.17. The average Bonchev–Trinajstić information content (AvgIpc) is 2.85. The number of fused-ring (bicyclic) bond motifs is 1. The molecule has 3 aromatic rings. The highest BCUT2D eigenvalue weighted by atomic mass is 32.2. The van der Waals surface area contributed by atoms with Gasteiger partial charge in [0, 0.05) is 15.3 Å². The van der Waals surface area contributed by atoms with Crippen molar-refractivity contribution in [2.45, 2.75) is 10.6 Å². The van der Waals surface area contributed by atoms with E-state index >= 15 is 0 Å². The molecule has 0 saturated heterocycles. The van der Waals surface area contributed by atoms with E-state index in [1.54, 1.807) is 18.2 Å². The lowest BCUT2D eigenvalue weighted by molar-refractivity contribution is 0.0701. The van der Waals surface area contributed by atoms with Crippen molar-refractivity contribution < 1.29 is 14.3 Å². The Bertz CT molecular complexity index is 811. The zero-order valence-corrected chi connectivity index (χ0v) is 12.5. The number of halogens is 1. The number of hydrogen-bond donors (Lipinski definition) is 1. The minimum absolute atomic E-state index is 0.279. The van der Waals surface area contributed by atoms with Gasteiger partial charge < -0.3 is 5.11 Å². The highest BCUT2D eigenvalue weighted by Crippen LogP contribution is 2.36. The summed E-state index contributed by atoms with van der Waals surface area (Å²) in [6.45, 7) is 0. The van der Waals surface area contributed by atoms with Crippen molar-refractivity contribution in [1.82, 2.24) is 0 Å². The Hall–Kier alpha value is -1.85. The number of rotatable bonds is 4. The summed E-state index contributed by atoms with van der Waals surface area (Å²) in [6.07, 6.45) is 0. The van der Waals surface area contributed by atoms with Gasteiger partial charge in [-0.1, -0.05) is 30.3 Å².